The number of carbonyl (C=O) groups excluding carboxylic acids is 6. The molecule has 0 heterocycles. The van der Waals surface area contributed by atoms with Crippen molar-refractivity contribution < 1.29 is 28.8 Å². The molecule has 0 spiro atoms. The van der Waals surface area contributed by atoms with E-state index >= 15 is 0 Å². The molecule has 9 nitrogen and oxygen atoms in total. The average Bonchev–Trinajstić information content (AvgIpc) is 2.96. The van der Waals surface area contributed by atoms with Crippen molar-refractivity contribution in [1.82, 2.24) is 15.5 Å². The molecular weight excluding hydrogens is 574 g/mol. The molecule has 2 N–H and O–H groups in total. The zero-order valence-electron chi connectivity index (χ0n) is 23.4. The van der Waals surface area contributed by atoms with Crippen molar-refractivity contribution in [3.63, 3.8) is 0 Å². The second kappa shape index (κ2) is 15.1. The smallest absolute Gasteiger partial charge is 0.260 e. The van der Waals surface area contributed by atoms with E-state index in [9.17, 15) is 28.8 Å². The molecule has 11 heteroatoms. The van der Waals surface area contributed by atoms with Gasteiger partial charge >= 0.3 is 0 Å². The van der Waals surface area contributed by atoms with Crippen LogP contribution in [0.25, 0.3) is 0 Å². The second-order valence-electron chi connectivity index (χ2n) is 9.16. The highest BCUT2D eigenvalue weighted by atomic mass is 32.2. The monoisotopic (exact) mass is 605 g/mol. The maximum atomic E-state index is 13.8. The van der Waals surface area contributed by atoms with Crippen LogP contribution < -0.4 is 10.6 Å². The van der Waals surface area contributed by atoms with Crippen molar-refractivity contribution in [2.45, 2.75) is 30.9 Å². The van der Waals surface area contributed by atoms with Gasteiger partial charge in [-0.25, -0.2) is 0 Å². The summed E-state index contributed by atoms with van der Waals surface area (Å²) in [5.74, 6) is -5.02. The van der Waals surface area contributed by atoms with Gasteiger partial charge in [0.05, 0.1) is 16.3 Å². The molecule has 3 aromatic rings. The SMILES string of the molecule is CC(=O)NC(=O)CSC(C(=O)NC(C)=O)N(C(C)=O)C(=O)CSC(c1ccccc1)(c1ccccc1)c1ccccc1. The molecule has 0 aliphatic carbocycles. The van der Waals surface area contributed by atoms with Crippen LogP contribution in [0.15, 0.2) is 91.0 Å². The van der Waals surface area contributed by atoms with Crippen LogP contribution in [-0.4, -0.2) is 57.2 Å². The summed E-state index contributed by atoms with van der Waals surface area (Å²) in [4.78, 5) is 75.5. The van der Waals surface area contributed by atoms with Gasteiger partial charge in [-0.1, -0.05) is 91.0 Å². The molecule has 0 saturated carbocycles. The van der Waals surface area contributed by atoms with Gasteiger partial charge in [0.15, 0.2) is 5.37 Å². The normalized spacial score (nSPS) is 11.6. The van der Waals surface area contributed by atoms with Crippen molar-refractivity contribution >= 4 is 59.0 Å². The number of rotatable bonds is 11. The second-order valence-corrected chi connectivity index (χ2v) is 11.4. The summed E-state index contributed by atoms with van der Waals surface area (Å²) in [5.41, 5.74) is 2.70. The number of nitrogens with one attached hydrogen (secondary N) is 2. The highest BCUT2D eigenvalue weighted by Gasteiger charge is 2.40. The van der Waals surface area contributed by atoms with Crippen LogP contribution in [0.4, 0.5) is 0 Å². The van der Waals surface area contributed by atoms with Gasteiger partial charge in [0, 0.05) is 20.8 Å². The molecule has 0 aromatic heterocycles. The van der Waals surface area contributed by atoms with Gasteiger partial charge in [-0.2, -0.15) is 0 Å². The van der Waals surface area contributed by atoms with Crippen LogP contribution in [0.2, 0.25) is 0 Å². The highest BCUT2D eigenvalue weighted by Crippen LogP contribution is 2.48. The van der Waals surface area contributed by atoms with E-state index < -0.39 is 51.3 Å². The molecule has 0 radical (unpaired) electrons. The van der Waals surface area contributed by atoms with E-state index in [1.54, 1.807) is 0 Å². The lowest BCUT2D eigenvalue weighted by molar-refractivity contribution is -0.147. The predicted octanol–water partition coefficient (Wildman–Crippen LogP) is 3.47. The van der Waals surface area contributed by atoms with Crippen LogP contribution >= 0.6 is 23.5 Å². The molecule has 1 atom stereocenters. The largest absolute Gasteiger partial charge is 0.296 e. The van der Waals surface area contributed by atoms with Crippen molar-refractivity contribution in [3.05, 3.63) is 108 Å². The van der Waals surface area contributed by atoms with E-state index in [0.717, 1.165) is 42.4 Å². The molecular formula is C31H31N3O6S2. The molecule has 0 aliphatic rings. The molecule has 0 saturated heterocycles. The van der Waals surface area contributed by atoms with Gasteiger partial charge in [-0.05, 0) is 16.7 Å². The summed E-state index contributed by atoms with van der Waals surface area (Å²) in [6.07, 6.45) is 0. The third-order valence-electron chi connectivity index (χ3n) is 6.01. The Hall–Kier alpha value is -4.22. The number of thioether (sulfide) groups is 2. The number of nitrogens with zero attached hydrogens (tertiary/aromatic N) is 1. The fourth-order valence-electron chi connectivity index (χ4n) is 4.37. The Morgan fingerprint density at radius 1 is 0.667 bits per heavy atom. The molecule has 0 fully saturated rings. The first-order valence-corrected chi connectivity index (χ1v) is 15.0. The maximum Gasteiger partial charge on any atom is 0.260 e. The Morgan fingerprint density at radius 3 is 1.48 bits per heavy atom. The van der Waals surface area contributed by atoms with Crippen LogP contribution in [-0.2, 0) is 33.5 Å². The Labute approximate surface area is 252 Å². The third kappa shape index (κ3) is 8.17. The predicted molar refractivity (Wildman–Crippen MR) is 163 cm³/mol. The Balaban J connectivity index is 2.03. The van der Waals surface area contributed by atoms with Gasteiger partial charge in [0.1, 0.15) is 0 Å². The van der Waals surface area contributed by atoms with Crippen LogP contribution in [0, 0.1) is 0 Å². The summed E-state index contributed by atoms with van der Waals surface area (Å²) in [5, 5.41) is 2.65. The summed E-state index contributed by atoms with van der Waals surface area (Å²) < 4.78 is -0.868. The zero-order chi connectivity index (χ0) is 30.7. The van der Waals surface area contributed by atoms with Gasteiger partial charge in [-0.3, -0.25) is 44.3 Å². The standard InChI is InChI=1S/C31H31N3O6S2/c1-21(35)32-27(38)19-41-30(29(40)33-22(2)36)34(23(3)37)28(39)20-42-31(24-13-7-4-8-14-24,25-15-9-5-10-16-25)26-17-11-6-12-18-26/h4-18,30H,19-20H2,1-3H3,(H,32,35,38)(H,33,36,40). The minimum absolute atomic E-state index is 0.234. The number of hydrogen-bond donors (Lipinski definition) is 2. The number of amides is 6. The lowest BCUT2D eigenvalue weighted by Crippen LogP contribution is -2.52. The molecule has 3 aromatic carbocycles. The quantitative estimate of drug-likeness (QED) is 0.251. The minimum atomic E-state index is -1.53. The Kier molecular flexibility index (Phi) is 11.6. The lowest BCUT2D eigenvalue weighted by atomic mass is 9.84. The van der Waals surface area contributed by atoms with E-state index in [0.29, 0.717) is 11.8 Å². The molecule has 42 heavy (non-hydrogen) atoms. The zero-order valence-corrected chi connectivity index (χ0v) is 25.0. The Bertz CT molecular complexity index is 1340. The topological polar surface area (TPSA) is 130 Å². The van der Waals surface area contributed by atoms with Crippen molar-refractivity contribution in [2.75, 3.05) is 11.5 Å². The summed E-state index contributed by atoms with van der Waals surface area (Å²) in [6, 6.07) is 28.9. The van der Waals surface area contributed by atoms with Crippen LogP contribution in [0.3, 0.4) is 0 Å². The highest BCUT2D eigenvalue weighted by molar-refractivity contribution is 8.01. The van der Waals surface area contributed by atoms with E-state index in [2.05, 4.69) is 10.6 Å². The van der Waals surface area contributed by atoms with Gasteiger partial charge in [0.2, 0.25) is 29.5 Å². The molecule has 1 unspecified atom stereocenters. The number of imide groups is 3. The van der Waals surface area contributed by atoms with E-state index in [1.165, 1.54) is 11.8 Å². The molecule has 218 valence electrons. The van der Waals surface area contributed by atoms with Crippen molar-refractivity contribution in [3.8, 4) is 0 Å². The number of carbonyl (C=O) groups is 6. The fourth-order valence-corrected chi connectivity index (χ4v) is 6.76. The number of benzene rings is 3. The fraction of sp³-hybridized carbons (Fsp3) is 0.226. The molecule has 0 bridgehead atoms. The molecule has 3 rings (SSSR count). The van der Waals surface area contributed by atoms with Crippen molar-refractivity contribution in [2.24, 2.45) is 0 Å². The van der Waals surface area contributed by atoms with Crippen LogP contribution in [0.5, 0.6) is 0 Å². The first-order chi connectivity index (χ1) is 20.1. The van der Waals surface area contributed by atoms with E-state index in [4.69, 9.17) is 0 Å². The van der Waals surface area contributed by atoms with Crippen LogP contribution in [0.1, 0.15) is 37.5 Å². The van der Waals surface area contributed by atoms with Gasteiger partial charge in [-0.15, -0.1) is 23.5 Å². The van der Waals surface area contributed by atoms with Gasteiger partial charge in [0.25, 0.3) is 5.91 Å². The summed E-state index contributed by atoms with van der Waals surface area (Å²) >= 11 is 1.94. The van der Waals surface area contributed by atoms with E-state index in [1.807, 2.05) is 91.0 Å². The third-order valence-corrected chi connectivity index (χ3v) is 8.71. The lowest BCUT2D eigenvalue weighted by Gasteiger charge is -2.36. The van der Waals surface area contributed by atoms with E-state index in [-0.39, 0.29) is 5.75 Å². The summed E-state index contributed by atoms with van der Waals surface area (Å²) in [6.45, 7) is 3.40. The number of hydrogen-bond acceptors (Lipinski definition) is 8. The Morgan fingerprint density at radius 2 is 1.10 bits per heavy atom. The summed E-state index contributed by atoms with van der Waals surface area (Å²) in [7, 11) is 0. The maximum absolute atomic E-state index is 13.8. The average molecular weight is 606 g/mol. The molecule has 6 amide bonds. The molecule has 0 aliphatic heterocycles. The first-order valence-electron chi connectivity index (χ1n) is 12.9. The minimum Gasteiger partial charge on any atom is -0.296 e. The first kappa shape index (κ1) is 32.3. The van der Waals surface area contributed by atoms with Gasteiger partial charge < -0.3 is 0 Å². The van der Waals surface area contributed by atoms with Crippen molar-refractivity contribution in [1.29, 1.82) is 0 Å².